The fraction of sp³-hybridized carbons (Fsp3) is 0.444. The minimum atomic E-state index is 0.0400. The molecule has 5 nitrogen and oxygen atoms in total. The molecule has 0 aromatic carbocycles. The molecule has 3 aromatic rings. The van der Waals surface area contributed by atoms with Gasteiger partial charge in [-0.1, -0.05) is 6.07 Å². The number of hydrogen-bond donors (Lipinski definition) is 0. The minimum Gasteiger partial charge on any atom is -0.369 e. The van der Waals surface area contributed by atoms with Crippen LogP contribution in [-0.4, -0.2) is 39.0 Å². The van der Waals surface area contributed by atoms with E-state index in [1.54, 1.807) is 11.3 Å². The van der Waals surface area contributed by atoms with E-state index in [1.165, 1.54) is 29.1 Å². The lowest BCUT2D eigenvalue weighted by molar-refractivity contribution is -0.0341. The van der Waals surface area contributed by atoms with E-state index in [2.05, 4.69) is 32.5 Å². The Bertz CT molecular complexity index is 840. The van der Waals surface area contributed by atoms with Crippen LogP contribution in [0.1, 0.15) is 41.3 Å². The molecule has 1 aliphatic heterocycles. The summed E-state index contributed by atoms with van der Waals surface area (Å²) in [6, 6.07) is 6.55. The van der Waals surface area contributed by atoms with Crippen molar-refractivity contribution in [3.8, 4) is 0 Å². The van der Waals surface area contributed by atoms with Gasteiger partial charge in [0.25, 0.3) is 0 Å². The summed E-state index contributed by atoms with van der Waals surface area (Å²) in [5.74, 6) is 0.712. The minimum absolute atomic E-state index is 0.0400. The summed E-state index contributed by atoms with van der Waals surface area (Å²) >= 11 is 1.72. The van der Waals surface area contributed by atoms with Gasteiger partial charge < -0.3 is 9.14 Å². The number of aromatic nitrogens is 3. The van der Waals surface area contributed by atoms with Crippen molar-refractivity contribution >= 4 is 16.9 Å². The first-order valence-corrected chi connectivity index (χ1v) is 9.44. The van der Waals surface area contributed by atoms with Crippen LogP contribution in [0.2, 0.25) is 0 Å². The summed E-state index contributed by atoms with van der Waals surface area (Å²) in [6.07, 6.45) is 6.49. The Morgan fingerprint density at radius 3 is 3.04 bits per heavy atom. The van der Waals surface area contributed by atoms with Gasteiger partial charge in [0.1, 0.15) is 11.1 Å². The SMILES string of the molecule is c1cc(C2CC2)n2cnc([C@@H]3CN(Cc4nccs4)CCO3)c2c1. The van der Waals surface area contributed by atoms with Crippen molar-refractivity contribution < 1.29 is 4.74 Å². The van der Waals surface area contributed by atoms with Gasteiger partial charge in [-0.2, -0.15) is 0 Å². The molecule has 0 radical (unpaired) electrons. The lowest BCUT2D eigenvalue weighted by Gasteiger charge is -2.31. The maximum Gasteiger partial charge on any atom is 0.114 e. The van der Waals surface area contributed by atoms with Gasteiger partial charge in [-0.25, -0.2) is 9.97 Å². The zero-order chi connectivity index (χ0) is 15.9. The summed E-state index contributed by atoms with van der Waals surface area (Å²) in [5.41, 5.74) is 3.66. The van der Waals surface area contributed by atoms with Crippen LogP contribution in [0.4, 0.5) is 0 Å². The second-order valence-corrected chi connectivity index (χ2v) is 7.61. The number of thiazole rings is 1. The van der Waals surface area contributed by atoms with Gasteiger partial charge in [0, 0.05) is 30.4 Å². The van der Waals surface area contributed by atoms with Crippen LogP contribution < -0.4 is 0 Å². The third-order valence-corrected chi connectivity index (χ3v) is 5.69. The second-order valence-electron chi connectivity index (χ2n) is 6.63. The Morgan fingerprint density at radius 1 is 1.25 bits per heavy atom. The van der Waals surface area contributed by atoms with E-state index in [4.69, 9.17) is 9.72 Å². The molecule has 1 saturated carbocycles. The molecule has 4 heterocycles. The highest BCUT2D eigenvalue weighted by atomic mass is 32.1. The van der Waals surface area contributed by atoms with Gasteiger partial charge in [-0.15, -0.1) is 11.3 Å². The van der Waals surface area contributed by atoms with Gasteiger partial charge in [0.05, 0.1) is 30.7 Å². The first-order chi connectivity index (χ1) is 11.9. The van der Waals surface area contributed by atoms with Crippen LogP contribution in [0, 0.1) is 0 Å². The van der Waals surface area contributed by atoms with Crippen LogP contribution in [0.5, 0.6) is 0 Å². The number of hydrogen-bond acceptors (Lipinski definition) is 5. The van der Waals surface area contributed by atoms with E-state index in [9.17, 15) is 0 Å². The standard InChI is InChI=1S/C18H20N4OS/c1-2-14(13-4-5-13)22-12-20-18(15(22)3-1)16-10-21(7-8-23-16)11-17-19-6-9-24-17/h1-3,6,9,12-13,16H,4-5,7-8,10-11H2/t16-/m0/s1. The lowest BCUT2D eigenvalue weighted by atomic mass is 10.1. The first-order valence-electron chi connectivity index (χ1n) is 8.56. The van der Waals surface area contributed by atoms with Crippen LogP contribution in [0.3, 0.4) is 0 Å². The van der Waals surface area contributed by atoms with Gasteiger partial charge in [0.15, 0.2) is 0 Å². The van der Waals surface area contributed by atoms with Crippen molar-refractivity contribution in [1.29, 1.82) is 0 Å². The second kappa shape index (κ2) is 5.95. The summed E-state index contributed by atoms with van der Waals surface area (Å²) in [5, 5.41) is 3.21. The van der Waals surface area contributed by atoms with E-state index in [0.29, 0.717) is 5.92 Å². The van der Waals surface area contributed by atoms with Gasteiger partial charge >= 0.3 is 0 Å². The number of pyridine rings is 1. The molecule has 0 unspecified atom stereocenters. The monoisotopic (exact) mass is 340 g/mol. The Hall–Kier alpha value is -1.76. The summed E-state index contributed by atoms with van der Waals surface area (Å²) in [6.45, 7) is 3.48. The highest BCUT2D eigenvalue weighted by Gasteiger charge is 2.29. The molecule has 0 amide bonds. The Kier molecular flexibility index (Phi) is 3.61. The molecule has 2 fully saturated rings. The summed E-state index contributed by atoms with van der Waals surface area (Å²) < 4.78 is 8.32. The van der Waals surface area contributed by atoms with Crippen molar-refractivity contribution in [3.05, 3.63) is 52.5 Å². The van der Waals surface area contributed by atoms with Crippen LogP contribution in [0.25, 0.3) is 5.52 Å². The highest BCUT2D eigenvalue weighted by molar-refractivity contribution is 7.09. The molecule has 0 bridgehead atoms. The molecule has 1 atom stereocenters. The normalized spacial score (nSPS) is 22.2. The zero-order valence-corrected chi connectivity index (χ0v) is 14.3. The summed E-state index contributed by atoms with van der Waals surface area (Å²) in [4.78, 5) is 11.5. The molecule has 3 aromatic heterocycles. The summed E-state index contributed by atoms with van der Waals surface area (Å²) in [7, 11) is 0. The lowest BCUT2D eigenvalue weighted by Crippen LogP contribution is -2.38. The number of nitrogens with zero attached hydrogens (tertiary/aromatic N) is 4. The largest absolute Gasteiger partial charge is 0.369 e. The average molecular weight is 340 g/mol. The van der Waals surface area contributed by atoms with E-state index >= 15 is 0 Å². The third kappa shape index (κ3) is 2.64. The van der Waals surface area contributed by atoms with Crippen molar-refractivity contribution in [2.24, 2.45) is 0 Å². The number of fused-ring (bicyclic) bond motifs is 1. The van der Waals surface area contributed by atoms with Crippen LogP contribution in [0.15, 0.2) is 36.1 Å². The van der Waals surface area contributed by atoms with Crippen molar-refractivity contribution in [3.63, 3.8) is 0 Å². The van der Waals surface area contributed by atoms with Gasteiger partial charge in [0.2, 0.25) is 0 Å². The molecule has 0 N–H and O–H groups in total. The molecule has 5 rings (SSSR count). The quantitative estimate of drug-likeness (QED) is 0.731. The van der Waals surface area contributed by atoms with E-state index in [0.717, 1.165) is 31.9 Å². The Morgan fingerprint density at radius 2 is 2.21 bits per heavy atom. The van der Waals surface area contributed by atoms with E-state index < -0.39 is 0 Å². The fourth-order valence-electron chi connectivity index (χ4n) is 3.56. The topological polar surface area (TPSA) is 42.7 Å². The molecule has 124 valence electrons. The van der Waals surface area contributed by atoms with Crippen molar-refractivity contribution in [1.82, 2.24) is 19.3 Å². The van der Waals surface area contributed by atoms with E-state index in [1.807, 2.05) is 17.9 Å². The predicted molar refractivity (Wildman–Crippen MR) is 93.3 cm³/mol. The predicted octanol–water partition coefficient (Wildman–Crippen LogP) is 3.24. The molecule has 0 spiro atoms. The van der Waals surface area contributed by atoms with Gasteiger partial charge in [-0.3, -0.25) is 4.90 Å². The van der Waals surface area contributed by atoms with Crippen molar-refractivity contribution in [2.45, 2.75) is 31.4 Å². The molecular weight excluding hydrogens is 320 g/mol. The van der Waals surface area contributed by atoms with E-state index in [-0.39, 0.29) is 6.10 Å². The molecule has 2 aliphatic rings. The molecule has 1 aliphatic carbocycles. The molecule has 1 saturated heterocycles. The Balaban J connectivity index is 1.41. The van der Waals surface area contributed by atoms with Crippen LogP contribution >= 0.6 is 11.3 Å². The third-order valence-electron chi connectivity index (χ3n) is 4.93. The number of ether oxygens (including phenoxy) is 1. The first kappa shape index (κ1) is 14.6. The Labute approximate surface area is 144 Å². The van der Waals surface area contributed by atoms with Crippen LogP contribution in [-0.2, 0) is 11.3 Å². The number of imidazole rings is 1. The number of rotatable bonds is 4. The molecule has 24 heavy (non-hydrogen) atoms. The molecular formula is C18H20N4OS. The maximum atomic E-state index is 6.06. The highest BCUT2D eigenvalue weighted by Crippen LogP contribution is 2.40. The zero-order valence-electron chi connectivity index (χ0n) is 13.5. The smallest absolute Gasteiger partial charge is 0.114 e. The fourth-order valence-corrected chi connectivity index (χ4v) is 4.21. The van der Waals surface area contributed by atoms with Gasteiger partial charge in [-0.05, 0) is 30.9 Å². The van der Waals surface area contributed by atoms with Crippen molar-refractivity contribution in [2.75, 3.05) is 19.7 Å². The average Bonchev–Trinajstić information content (AvgIpc) is 3.15. The molecule has 6 heteroatoms. The maximum absolute atomic E-state index is 6.06. The number of morpholine rings is 1.